The van der Waals surface area contributed by atoms with Crippen LogP contribution in [0.1, 0.15) is 40.2 Å². The zero-order chi connectivity index (χ0) is 19.6. The van der Waals surface area contributed by atoms with Crippen LogP contribution in [0.5, 0.6) is 0 Å². The number of fused-ring (bicyclic) bond motifs is 1. The molecule has 5 rings (SSSR count). The average Bonchev–Trinajstić information content (AvgIpc) is 3.34. The van der Waals surface area contributed by atoms with Crippen LogP contribution in [0.3, 0.4) is 0 Å². The van der Waals surface area contributed by atoms with Crippen molar-refractivity contribution in [3.63, 3.8) is 0 Å². The van der Waals surface area contributed by atoms with Crippen LogP contribution in [-0.4, -0.2) is 66.7 Å². The summed E-state index contributed by atoms with van der Waals surface area (Å²) in [5, 5.41) is 1.96. The molecule has 1 amide bonds. The van der Waals surface area contributed by atoms with Crippen molar-refractivity contribution in [1.82, 2.24) is 14.9 Å². The predicted octanol–water partition coefficient (Wildman–Crippen LogP) is 2.56. The predicted molar refractivity (Wildman–Crippen MR) is 114 cm³/mol. The third-order valence-electron chi connectivity index (χ3n) is 6.00. The molecule has 0 saturated carbocycles. The van der Waals surface area contributed by atoms with E-state index in [9.17, 15) is 4.79 Å². The molecule has 0 N–H and O–H groups in total. The second-order valence-corrected chi connectivity index (χ2v) is 8.82. The molecule has 0 bridgehead atoms. The van der Waals surface area contributed by atoms with E-state index in [0.717, 1.165) is 73.7 Å². The van der Waals surface area contributed by atoms with E-state index < -0.39 is 0 Å². The highest BCUT2D eigenvalue weighted by atomic mass is 32.1. The fraction of sp³-hybridized carbons (Fsp3) is 0.571. The minimum absolute atomic E-state index is 0.110. The molecule has 8 heteroatoms. The summed E-state index contributed by atoms with van der Waals surface area (Å²) in [5.74, 6) is 1.98. The van der Waals surface area contributed by atoms with E-state index in [1.54, 1.807) is 0 Å². The minimum atomic E-state index is 0.110. The molecule has 2 aromatic rings. The maximum absolute atomic E-state index is 12.9. The number of piperidine rings is 1. The van der Waals surface area contributed by atoms with Crippen molar-refractivity contribution in [1.29, 1.82) is 0 Å². The van der Waals surface area contributed by atoms with Crippen molar-refractivity contribution in [2.24, 2.45) is 0 Å². The number of anilines is 2. The van der Waals surface area contributed by atoms with Crippen LogP contribution in [0, 0.1) is 0 Å². The number of carbonyl (C=O) groups is 1. The number of hydrogen-bond donors (Lipinski definition) is 0. The number of nitrogens with zero attached hydrogens (tertiary/aromatic N) is 5. The highest BCUT2D eigenvalue weighted by Gasteiger charge is 2.30. The number of morpholine rings is 1. The second kappa shape index (κ2) is 8.28. The van der Waals surface area contributed by atoms with Gasteiger partial charge >= 0.3 is 0 Å². The SMILES string of the molecule is O=C(c1cccs1)N1CCc2nc(N3CCCCC3)nc(N3CCOCC3)c2C1. The Morgan fingerprint density at radius 1 is 1.00 bits per heavy atom. The van der Waals surface area contributed by atoms with Gasteiger partial charge in [0.15, 0.2) is 0 Å². The molecule has 0 atom stereocenters. The largest absolute Gasteiger partial charge is 0.378 e. The third-order valence-corrected chi connectivity index (χ3v) is 6.85. The van der Waals surface area contributed by atoms with Gasteiger partial charge in [-0.05, 0) is 30.7 Å². The van der Waals surface area contributed by atoms with E-state index >= 15 is 0 Å². The van der Waals surface area contributed by atoms with E-state index in [-0.39, 0.29) is 5.91 Å². The van der Waals surface area contributed by atoms with Crippen LogP contribution in [0.25, 0.3) is 0 Å². The summed E-state index contributed by atoms with van der Waals surface area (Å²) in [7, 11) is 0. The maximum atomic E-state index is 12.9. The minimum Gasteiger partial charge on any atom is -0.378 e. The highest BCUT2D eigenvalue weighted by Crippen LogP contribution is 2.31. The molecule has 2 saturated heterocycles. The van der Waals surface area contributed by atoms with Crippen LogP contribution in [0.2, 0.25) is 0 Å². The molecule has 29 heavy (non-hydrogen) atoms. The van der Waals surface area contributed by atoms with Gasteiger partial charge in [-0.3, -0.25) is 4.79 Å². The van der Waals surface area contributed by atoms with Crippen molar-refractivity contribution in [2.75, 3.05) is 55.7 Å². The van der Waals surface area contributed by atoms with Gasteiger partial charge in [0.05, 0.1) is 30.3 Å². The average molecular weight is 414 g/mol. The van der Waals surface area contributed by atoms with Gasteiger partial charge in [0.1, 0.15) is 5.82 Å². The molecule has 5 heterocycles. The molecule has 0 aromatic carbocycles. The van der Waals surface area contributed by atoms with Crippen LogP contribution in [-0.2, 0) is 17.7 Å². The summed E-state index contributed by atoms with van der Waals surface area (Å²) in [6.07, 6.45) is 4.48. The standard InChI is InChI=1S/C21H27N5O2S/c27-20(18-5-4-14-29-18)26-9-6-17-16(15-26)19(24-10-12-28-13-11-24)23-21(22-17)25-7-2-1-3-8-25/h4-5,14H,1-3,6-13,15H2. The summed E-state index contributed by atoms with van der Waals surface area (Å²) in [6.45, 7) is 6.46. The number of hydrogen-bond acceptors (Lipinski definition) is 7. The maximum Gasteiger partial charge on any atom is 0.264 e. The van der Waals surface area contributed by atoms with Crippen molar-refractivity contribution >= 4 is 29.0 Å². The summed E-state index contributed by atoms with van der Waals surface area (Å²) in [6, 6.07) is 3.84. The first-order valence-electron chi connectivity index (χ1n) is 10.6. The number of rotatable bonds is 3. The Morgan fingerprint density at radius 2 is 1.83 bits per heavy atom. The van der Waals surface area contributed by atoms with E-state index in [1.807, 2.05) is 22.4 Å². The highest BCUT2D eigenvalue weighted by molar-refractivity contribution is 7.12. The van der Waals surface area contributed by atoms with Gasteiger partial charge in [-0.2, -0.15) is 4.98 Å². The van der Waals surface area contributed by atoms with Crippen molar-refractivity contribution in [3.8, 4) is 0 Å². The van der Waals surface area contributed by atoms with Crippen LogP contribution in [0.15, 0.2) is 17.5 Å². The first-order chi connectivity index (χ1) is 14.3. The fourth-order valence-corrected chi connectivity index (χ4v) is 5.08. The molecule has 7 nitrogen and oxygen atoms in total. The molecule has 0 spiro atoms. The van der Waals surface area contributed by atoms with Crippen LogP contribution in [0.4, 0.5) is 11.8 Å². The Labute approximate surface area is 175 Å². The smallest absolute Gasteiger partial charge is 0.264 e. The Morgan fingerprint density at radius 3 is 2.59 bits per heavy atom. The third kappa shape index (κ3) is 3.83. The van der Waals surface area contributed by atoms with Gasteiger partial charge in [-0.1, -0.05) is 6.07 Å². The fourth-order valence-electron chi connectivity index (χ4n) is 4.39. The molecule has 0 aliphatic carbocycles. The topological polar surface area (TPSA) is 61.8 Å². The molecular weight excluding hydrogens is 386 g/mol. The molecular formula is C21H27N5O2S. The van der Waals surface area contributed by atoms with Crippen LogP contribution < -0.4 is 9.80 Å². The number of thiophene rings is 1. The molecule has 2 fully saturated rings. The van der Waals surface area contributed by atoms with Crippen LogP contribution >= 0.6 is 11.3 Å². The number of ether oxygens (including phenoxy) is 1. The normalized spacial score (nSPS) is 19.9. The quantitative estimate of drug-likeness (QED) is 0.771. The van der Waals surface area contributed by atoms with Crippen molar-refractivity contribution < 1.29 is 9.53 Å². The first-order valence-corrected chi connectivity index (χ1v) is 11.5. The summed E-state index contributed by atoms with van der Waals surface area (Å²) >= 11 is 1.50. The van der Waals surface area contributed by atoms with Gasteiger partial charge in [0.2, 0.25) is 5.95 Å². The summed E-state index contributed by atoms with van der Waals surface area (Å²) in [5.41, 5.74) is 2.22. The molecule has 0 unspecified atom stereocenters. The summed E-state index contributed by atoms with van der Waals surface area (Å²) in [4.78, 5) is 30.3. The van der Waals surface area contributed by atoms with Crippen molar-refractivity contribution in [3.05, 3.63) is 33.6 Å². The Bertz CT molecular complexity index is 860. The molecule has 154 valence electrons. The summed E-state index contributed by atoms with van der Waals surface area (Å²) < 4.78 is 5.56. The molecule has 3 aliphatic rings. The lowest BCUT2D eigenvalue weighted by Crippen LogP contribution is -2.42. The molecule has 3 aliphatic heterocycles. The first kappa shape index (κ1) is 18.8. The lowest BCUT2D eigenvalue weighted by Gasteiger charge is -2.36. The van der Waals surface area contributed by atoms with E-state index in [2.05, 4.69) is 9.80 Å². The molecule has 2 aromatic heterocycles. The Hall–Kier alpha value is -2.19. The van der Waals surface area contributed by atoms with Gasteiger partial charge in [0, 0.05) is 44.7 Å². The van der Waals surface area contributed by atoms with E-state index in [4.69, 9.17) is 14.7 Å². The van der Waals surface area contributed by atoms with E-state index in [1.165, 1.54) is 30.6 Å². The lowest BCUT2D eigenvalue weighted by atomic mass is 10.0. The van der Waals surface area contributed by atoms with E-state index in [0.29, 0.717) is 13.1 Å². The van der Waals surface area contributed by atoms with Gasteiger partial charge in [-0.25, -0.2) is 4.98 Å². The Balaban J connectivity index is 1.48. The number of carbonyl (C=O) groups excluding carboxylic acids is 1. The Kier molecular flexibility index (Phi) is 5.37. The van der Waals surface area contributed by atoms with Crippen molar-refractivity contribution in [2.45, 2.75) is 32.2 Å². The van der Waals surface area contributed by atoms with Gasteiger partial charge in [0.25, 0.3) is 5.91 Å². The monoisotopic (exact) mass is 413 g/mol. The zero-order valence-electron chi connectivity index (χ0n) is 16.7. The zero-order valence-corrected chi connectivity index (χ0v) is 17.5. The van der Waals surface area contributed by atoms with Gasteiger partial charge < -0.3 is 19.4 Å². The van der Waals surface area contributed by atoms with Gasteiger partial charge in [-0.15, -0.1) is 11.3 Å². The second-order valence-electron chi connectivity index (χ2n) is 7.87. The lowest BCUT2D eigenvalue weighted by molar-refractivity contribution is 0.0738. The molecule has 0 radical (unpaired) electrons. The number of amides is 1. The number of aromatic nitrogens is 2.